The van der Waals surface area contributed by atoms with Gasteiger partial charge in [0.1, 0.15) is 0 Å². The van der Waals surface area contributed by atoms with Crippen LogP contribution in [0.2, 0.25) is 0 Å². The summed E-state index contributed by atoms with van der Waals surface area (Å²) < 4.78 is 0. The average molecular weight is 263 g/mol. The van der Waals surface area contributed by atoms with Crippen LogP contribution in [0.1, 0.15) is 53.4 Å². The Morgan fingerprint density at radius 3 is 2.06 bits per heavy atom. The molecule has 1 aliphatic rings. The number of piperidine rings is 1. The highest BCUT2D eigenvalue weighted by Crippen LogP contribution is 2.15. The Labute approximate surface area is 116 Å². The lowest BCUT2D eigenvalue weighted by molar-refractivity contribution is 0.131. The molecule has 17 heavy (non-hydrogen) atoms. The van der Waals surface area contributed by atoms with Crippen LogP contribution in [-0.4, -0.2) is 49.1 Å². The third kappa shape index (κ3) is 8.06. The zero-order valence-electron chi connectivity index (χ0n) is 12.6. The number of hydrogen-bond acceptors (Lipinski definition) is 2. The molecule has 0 aliphatic carbocycles. The molecule has 0 aromatic carbocycles. The SMILES string of the molecule is CC.CCCCN1CCC(N(C)CC)CC1.S. The Kier molecular flexibility index (Phi) is 14.7. The zero-order valence-corrected chi connectivity index (χ0v) is 13.6. The van der Waals surface area contributed by atoms with E-state index in [0.29, 0.717) is 0 Å². The van der Waals surface area contributed by atoms with Gasteiger partial charge in [0.05, 0.1) is 0 Å². The first kappa shape index (κ1) is 19.6. The van der Waals surface area contributed by atoms with Gasteiger partial charge in [-0.25, -0.2) is 0 Å². The van der Waals surface area contributed by atoms with Crippen LogP contribution < -0.4 is 0 Å². The Morgan fingerprint density at radius 1 is 1.12 bits per heavy atom. The molecule has 0 bridgehead atoms. The van der Waals surface area contributed by atoms with Gasteiger partial charge in [-0.15, -0.1) is 0 Å². The molecule has 0 atom stereocenters. The fourth-order valence-corrected chi connectivity index (χ4v) is 2.22. The minimum Gasteiger partial charge on any atom is -0.304 e. The smallest absolute Gasteiger partial charge is 0.0116 e. The van der Waals surface area contributed by atoms with E-state index in [1.807, 2.05) is 13.8 Å². The minimum atomic E-state index is 0. The van der Waals surface area contributed by atoms with Crippen LogP contribution in [0.5, 0.6) is 0 Å². The van der Waals surface area contributed by atoms with E-state index in [9.17, 15) is 0 Å². The monoisotopic (exact) mass is 262 g/mol. The van der Waals surface area contributed by atoms with Crippen LogP contribution in [0, 0.1) is 0 Å². The van der Waals surface area contributed by atoms with Gasteiger partial charge in [-0.05, 0) is 52.5 Å². The lowest BCUT2D eigenvalue weighted by Crippen LogP contribution is -2.43. The van der Waals surface area contributed by atoms with Crippen molar-refractivity contribution in [1.29, 1.82) is 0 Å². The summed E-state index contributed by atoms with van der Waals surface area (Å²) in [5, 5.41) is 0. The maximum absolute atomic E-state index is 2.63. The van der Waals surface area contributed by atoms with E-state index in [-0.39, 0.29) is 13.5 Å². The van der Waals surface area contributed by atoms with Crippen molar-refractivity contribution in [3.8, 4) is 0 Å². The Balaban J connectivity index is 0. The van der Waals surface area contributed by atoms with E-state index in [1.54, 1.807) is 0 Å². The van der Waals surface area contributed by atoms with Gasteiger partial charge >= 0.3 is 0 Å². The molecule has 0 N–H and O–H groups in total. The van der Waals surface area contributed by atoms with Crippen LogP contribution >= 0.6 is 13.5 Å². The van der Waals surface area contributed by atoms with Crippen molar-refractivity contribution < 1.29 is 0 Å². The molecule has 1 heterocycles. The molecule has 1 rings (SSSR count). The molecule has 0 amide bonds. The van der Waals surface area contributed by atoms with E-state index in [0.717, 1.165) is 6.04 Å². The van der Waals surface area contributed by atoms with E-state index in [4.69, 9.17) is 0 Å². The van der Waals surface area contributed by atoms with Gasteiger partial charge in [0.15, 0.2) is 0 Å². The summed E-state index contributed by atoms with van der Waals surface area (Å²) in [6, 6.07) is 0.845. The van der Waals surface area contributed by atoms with E-state index in [2.05, 4.69) is 30.7 Å². The summed E-state index contributed by atoms with van der Waals surface area (Å²) in [7, 11) is 2.26. The standard InChI is InChI=1S/C12H26N2.C2H6.H2S/c1-4-6-9-14-10-7-12(8-11-14)13(3)5-2;1-2;/h12H,4-11H2,1-3H3;1-2H3;1H2. The molecule has 0 saturated carbocycles. The van der Waals surface area contributed by atoms with Crippen molar-refractivity contribution in [3.63, 3.8) is 0 Å². The highest BCUT2D eigenvalue weighted by Gasteiger charge is 2.20. The minimum absolute atomic E-state index is 0. The van der Waals surface area contributed by atoms with Gasteiger partial charge in [-0.1, -0.05) is 34.1 Å². The van der Waals surface area contributed by atoms with E-state index < -0.39 is 0 Å². The topological polar surface area (TPSA) is 6.48 Å². The second-order valence-corrected chi connectivity index (χ2v) is 4.50. The summed E-state index contributed by atoms with van der Waals surface area (Å²) in [6.07, 6.45) is 5.44. The van der Waals surface area contributed by atoms with Crippen LogP contribution in [0.25, 0.3) is 0 Å². The second kappa shape index (κ2) is 12.7. The van der Waals surface area contributed by atoms with Crippen LogP contribution in [0.15, 0.2) is 0 Å². The molecule has 1 fully saturated rings. The van der Waals surface area contributed by atoms with E-state index in [1.165, 1.54) is 51.9 Å². The van der Waals surface area contributed by atoms with Gasteiger partial charge in [-0.3, -0.25) is 0 Å². The maximum Gasteiger partial charge on any atom is 0.0116 e. The highest BCUT2D eigenvalue weighted by atomic mass is 32.1. The van der Waals surface area contributed by atoms with Gasteiger partial charge in [0.2, 0.25) is 0 Å². The molecule has 0 radical (unpaired) electrons. The fraction of sp³-hybridized carbons (Fsp3) is 1.00. The molecular weight excluding hydrogens is 228 g/mol. The highest BCUT2D eigenvalue weighted by molar-refractivity contribution is 7.59. The zero-order chi connectivity index (χ0) is 12.4. The largest absolute Gasteiger partial charge is 0.304 e. The van der Waals surface area contributed by atoms with Crippen LogP contribution in [0.4, 0.5) is 0 Å². The normalized spacial score (nSPS) is 17.3. The third-order valence-corrected chi connectivity index (χ3v) is 3.51. The van der Waals surface area contributed by atoms with E-state index >= 15 is 0 Å². The number of rotatable bonds is 5. The molecule has 3 heteroatoms. The summed E-state index contributed by atoms with van der Waals surface area (Å²) in [4.78, 5) is 5.13. The molecule has 2 nitrogen and oxygen atoms in total. The van der Waals surface area contributed by atoms with Crippen molar-refractivity contribution in [3.05, 3.63) is 0 Å². The first-order valence-electron chi connectivity index (χ1n) is 7.20. The molecule has 0 spiro atoms. The molecular formula is C14H34N2S. The molecule has 106 valence electrons. The molecule has 1 aliphatic heterocycles. The molecule has 1 saturated heterocycles. The van der Waals surface area contributed by atoms with Crippen molar-refractivity contribution in [2.75, 3.05) is 33.2 Å². The predicted octanol–water partition coefficient (Wildman–Crippen LogP) is 3.34. The summed E-state index contributed by atoms with van der Waals surface area (Å²) in [5.41, 5.74) is 0. The number of hydrogen-bond donors (Lipinski definition) is 0. The first-order valence-corrected chi connectivity index (χ1v) is 7.20. The molecule has 0 unspecified atom stereocenters. The second-order valence-electron chi connectivity index (χ2n) is 4.50. The van der Waals surface area contributed by atoms with Crippen molar-refractivity contribution in [2.24, 2.45) is 0 Å². The average Bonchev–Trinajstić information content (AvgIpc) is 2.38. The predicted molar refractivity (Wildman–Crippen MR) is 84.4 cm³/mol. The maximum atomic E-state index is 2.63. The van der Waals surface area contributed by atoms with Gasteiger partial charge < -0.3 is 9.80 Å². The Bertz CT molecular complexity index is 145. The van der Waals surface area contributed by atoms with Gasteiger partial charge in [-0.2, -0.15) is 13.5 Å². The van der Waals surface area contributed by atoms with Gasteiger partial charge in [0.25, 0.3) is 0 Å². The summed E-state index contributed by atoms with van der Waals surface area (Å²) >= 11 is 0. The lowest BCUT2D eigenvalue weighted by atomic mass is 10.0. The number of unbranched alkanes of at least 4 members (excludes halogenated alkanes) is 1. The third-order valence-electron chi connectivity index (χ3n) is 3.51. The molecule has 0 aromatic rings. The number of nitrogens with zero attached hydrogens (tertiary/aromatic N) is 2. The number of likely N-dealkylation sites (tertiary alicyclic amines) is 1. The Morgan fingerprint density at radius 2 is 1.65 bits per heavy atom. The summed E-state index contributed by atoms with van der Waals surface area (Å²) in [6.45, 7) is 13.7. The van der Waals surface area contributed by atoms with Crippen molar-refractivity contribution >= 4 is 13.5 Å². The quantitative estimate of drug-likeness (QED) is 0.750. The Hall–Kier alpha value is 0.270. The summed E-state index contributed by atoms with van der Waals surface area (Å²) in [5.74, 6) is 0. The van der Waals surface area contributed by atoms with Crippen LogP contribution in [-0.2, 0) is 0 Å². The lowest BCUT2D eigenvalue weighted by Gasteiger charge is -2.36. The van der Waals surface area contributed by atoms with Crippen LogP contribution in [0.3, 0.4) is 0 Å². The van der Waals surface area contributed by atoms with Crippen molar-refractivity contribution in [2.45, 2.75) is 59.4 Å². The molecule has 0 aromatic heterocycles. The van der Waals surface area contributed by atoms with Gasteiger partial charge in [0, 0.05) is 6.04 Å². The first-order chi connectivity index (χ1) is 7.77. The van der Waals surface area contributed by atoms with Crippen molar-refractivity contribution in [1.82, 2.24) is 9.80 Å². The fourth-order valence-electron chi connectivity index (χ4n) is 2.22.